The lowest BCUT2D eigenvalue weighted by Crippen LogP contribution is -2.40. The number of hydrogen-bond acceptors (Lipinski definition) is 3. The standard InChI is InChI=1S/C17H24ClN5O.HI/c1-4-19-17(20-11-14-12-21-23(3)13-14)22(2)9-10-24-16-7-5-15(18)6-8-16;/h5-8,12-13H,4,9-11H2,1-3H3,(H,19,20);1H. The molecule has 0 aliphatic carbocycles. The molecule has 0 radical (unpaired) electrons. The second-order valence-corrected chi connectivity index (χ2v) is 5.85. The summed E-state index contributed by atoms with van der Waals surface area (Å²) in [6.45, 7) is 4.75. The predicted octanol–water partition coefficient (Wildman–Crippen LogP) is 3.17. The van der Waals surface area contributed by atoms with Gasteiger partial charge in [-0.05, 0) is 31.2 Å². The minimum Gasteiger partial charge on any atom is -0.492 e. The number of rotatable bonds is 7. The summed E-state index contributed by atoms with van der Waals surface area (Å²) < 4.78 is 7.51. The van der Waals surface area contributed by atoms with Crippen molar-refractivity contribution in [2.75, 3.05) is 26.7 Å². The van der Waals surface area contributed by atoms with Gasteiger partial charge in [0.25, 0.3) is 0 Å². The van der Waals surface area contributed by atoms with E-state index in [1.807, 2.05) is 50.8 Å². The van der Waals surface area contributed by atoms with E-state index in [-0.39, 0.29) is 24.0 Å². The molecule has 1 heterocycles. The zero-order valence-corrected chi connectivity index (χ0v) is 17.9. The maximum atomic E-state index is 5.87. The minimum absolute atomic E-state index is 0. The Morgan fingerprint density at radius 1 is 1.36 bits per heavy atom. The third-order valence-corrected chi connectivity index (χ3v) is 3.63. The molecule has 25 heavy (non-hydrogen) atoms. The van der Waals surface area contributed by atoms with Crippen LogP contribution in [0, 0.1) is 0 Å². The summed E-state index contributed by atoms with van der Waals surface area (Å²) in [4.78, 5) is 6.69. The van der Waals surface area contributed by atoms with E-state index in [1.54, 1.807) is 4.68 Å². The molecule has 0 saturated carbocycles. The highest BCUT2D eigenvalue weighted by Gasteiger charge is 2.06. The Labute approximate surface area is 171 Å². The largest absolute Gasteiger partial charge is 0.492 e. The molecule has 1 aromatic heterocycles. The predicted molar refractivity (Wildman–Crippen MR) is 113 cm³/mol. The second-order valence-electron chi connectivity index (χ2n) is 5.42. The van der Waals surface area contributed by atoms with E-state index < -0.39 is 0 Å². The van der Waals surface area contributed by atoms with E-state index in [1.165, 1.54) is 0 Å². The van der Waals surface area contributed by atoms with Crippen LogP contribution in [0.3, 0.4) is 0 Å². The Morgan fingerprint density at radius 3 is 2.68 bits per heavy atom. The molecule has 0 amide bonds. The molecular formula is C17H25ClIN5O. The summed E-state index contributed by atoms with van der Waals surface area (Å²) in [5.74, 6) is 1.66. The Balaban J connectivity index is 0.00000312. The number of hydrogen-bond donors (Lipinski definition) is 1. The van der Waals surface area contributed by atoms with Crippen molar-refractivity contribution in [3.63, 3.8) is 0 Å². The van der Waals surface area contributed by atoms with Crippen molar-refractivity contribution in [2.45, 2.75) is 13.5 Å². The van der Waals surface area contributed by atoms with Crippen LogP contribution in [0.4, 0.5) is 0 Å². The molecule has 6 nitrogen and oxygen atoms in total. The Kier molecular flexibility index (Phi) is 9.66. The molecule has 0 saturated heterocycles. The molecule has 2 rings (SSSR count). The normalized spacial score (nSPS) is 11.0. The summed E-state index contributed by atoms with van der Waals surface area (Å²) >= 11 is 5.87. The van der Waals surface area contributed by atoms with E-state index in [0.29, 0.717) is 18.2 Å². The first-order valence-corrected chi connectivity index (χ1v) is 8.31. The van der Waals surface area contributed by atoms with Gasteiger partial charge in [0.15, 0.2) is 5.96 Å². The average Bonchev–Trinajstić information content (AvgIpc) is 2.98. The van der Waals surface area contributed by atoms with Gasteiger partial charge in [0.1, 0.15) is 12.4 Å². The number of aliphatic imine (C=N–C) groups is 1. The average molecular weight is 478 g/mol. The van der Waals surface area contributed by atoms with Crippen LogP contribution in [0.5, 0.6) is 5.75 Å². The zero-order chi connectivity index (χ0) is 17.4. The Morgan fingerprint density at radius 2 is 2.08 bits per heavy atom. The summed E-state index contributed by atoms with van der Waals surface area (Å²) in [5.41, 5.74) is 1.08. The number of aryl methyl sites for hydroxylation is 1. The highest BCUT2D eigenvalue weighted by Crippen LogP contribution is 2.15. The van der Waals surface area contributed by atoms with Gasteiger partial charge in [-0.3, -0.25) is 4.68 Å². The lowest BCUT2D eigenvalue weighted by molar-refractivity contribution is 0.281. The van der Waals surface area contributed by atoms with Crippen LogP contribution in [0.15, 0.2) is 41.7 Å². The lowest BCUT2D eigenvalue weighted by Gasteiger charge is -2.22. The van der Waals surface area contributed by atoms with Crippen LogP contribution < -0.4 is 10.1 Å². The third kappa shape index (κ3) is 7.52. The zero-order valence-electron chi connectivity index (χ0n) is 14.8. The molecule has 1 aromatic carbocycles. The summed E-state index contributed by atoms with van der Waals surface area (Å²) in [7, 11) is 3.90. The van der Waals surface area contributed by atoms with Gasteiger partial charge in [-0.2, -0.15) is 5.10 Å². The van der Waals surface area contributed by atoms with Gasteiger partial charge in [0.05, 0.1) is 19.3 Å². The van der Waals surface area contributed by atoms with E-state index >= 15 is 0 Å². The molecule has 1 N–H and O–H groups in total. The van der Waals surface area contributed by atoms with Gasteiger partial charge < -0.3 is 15.0 Å². The smallest absolute Gasteiger partial charge is 0.194 e. The molecule has 0 fully saturated rings. The summed E-state index contributed by atoms with van der Waals surface area (Å²) in [6.07, 6.45) is 3.80. The quantitative estimate of drug-likeness (QED) is 0.378. The fraction of sp³-hybridized carbons (Fsp3) is 0.412. The number of nitrogens with one attached hydrogen (secondary N) is 1. The number of nitrogens with zero attached hydrogens (tertiary/aromatic N) is 4. The SMILES string of the molecule is CCNC(=NCc1cnn(C)c1)N(C)CCOc1ccc(Cl)cc1.I. The van der Waals surface area contributed by atoms with E-state index in [4.69, 9.17) is 16.3 Å². The minimum atomic E-state index is 0. The van der Waals surface area contributed by atoms with Gasteiger partial charge >= 0.3 is 0 Å². The van der Waals surface area contributed by atoms with Gasteiger partial charge in [0.2, 0.25) is 0 Å². The van der Waals surface area contributed by atoms with Gasteiger partial charge in [-0.15, -0.1) is 24.0 Å². The monoisotopic (exact) mass is 477 g/mol. The van der Waals surface area contributed by atoms with Gasteiger partial charge in [0, 0.05) is 37.4 Å². The molecule has 138 valence electrons. The van der Waals surface area contributed by atoms with Crippen molar-refractivity contribution < 1.29 is 4.74 Å². The second kappa shape index (κ2) is 11.2. The molecule has 8 heteroatoms. The molecule has 0 atom stereocenters. The van der Waals surface area contributed by atoms with Crippen molar-refractivity contribution in [2.24, 2.45) is 12.0 Å². The molecule has 0 bridgehead atoms. The first kappa shape index (κ1) is 21.6. The van der Waals surface area contributed by atoms with Crippen molar-refractivity contribution in [3.05, 3.63) is 47.2 Å². The van der Waals surface area contributed by atoms with Gasteiger partial charge in [-0.1, -0.05) is 11.6 Å². The number of aromatic nitrogens is 2. The Bertz CT molecular complexity index is 659. The topological polar surface area (TPSA) is 54.7 Å². The fourth-order valence-electron chi connectivity index (χ4n) is 2.13. The van der Waals surface area contributed by atoms with Crippen LogP contribution >= 0.6 is 35.6 Å². The van der Waals surface area contributed by atoms with Crippen molar-refractivity contribution >= 4 is 41.5 Å². The molecule has 0 spiro atoms. The van der Waals surface area contributed by atoms with E-state index in [0.717, 1.165) is 30.4 Å². The Hall–Kier alpha value is -1.48. The van der Waals surface area contributed by atoms with Gasteiger partial charge in [-0.25, -0.2) is 4.99 Å². The van der Waals surface area contributed by atoms with Crippen molar-refractivity contribution in [1.29, 1.82) is 0 Å². The van der Waals surface area contributed by atoms with Crippen LogP contribution in [-0.4, -0.2) is 47.4 Å². The number of benzene rings is 1. The van der Waals surface area contributed by atoms with E-state index in [9.17, 15) is 0 Å². The van der Waals surface area contributed by atoms with Crippen molar-refractivity contribution in [1.82, 2.24) is 20.0 Å². The molecular weight excluding hydrogens is 453 g/mol. The first-order chi connectivity index (χ1) is 11.6. The fourth-order valence-corrected chi connectivity index (χ4v) is 2.25. The maximum absolute atomic E-state index is 5.87. The summed E-state index contributed by atoms with van der Waals surface area (Å²) in [5, 5.41) is 8.16. The molecule has 0 aliphatic heterocycles. The molecule has 0 aliphatic rings. The third-order valence-electron chi connectivity index (χ3n) is 3.38. The van der Waals surface area contributed by atoms with Crippen molar-refractivity contribution in [3.8, 4) is 5.75 Å². The van der Waals surface area contributed by atoms with Crippen LogP contribution in [0.1, 0.15) is 12.5 Å². The van der Waals surface area contributed by atoms with Crippen LogP contribution in [-0.2, 0) is 13.6 Å². The number of ether oxygens (including phenoxy) is 1. The number of guanidine groups is 1. The number of likely N-dealkylation sites (N-methyl/N-ethyl adjacent to an activating group) is 1. The first-order valence-electron chi connectivity index (χ1n) is 7.94. The summed E-state index contributed by atoms with van der Waals surface area (Å²) in [6, 6.07) is 7.37. The molecule has 2 aromatic rings. The highest BCUT2D eigenvalue weighted by atomic mass is 127. The van der Waals surface area contributed by atoms with Crippen LogP contribution in [0.2, 0.25) is 5.02 Å². The lowest BCUT2D eigenvalue weighted by atomic mass is 10.3. The molecule has 0 unspecified atom stereocenters. The van der Waals surface area contributed by atoms with Crippen LogP contribution in [0.25, 0.3) is 0 Å². The maximum Gasteiger partial charge on any atom is 0.194 e. The van der Waals surface area contributed by atoms with E-state index in [2.05, 4.69) is 27.2 Å². The number of halogens is 2. The highest BCUT2D eigenvalue weighted by molar-refractivity contribution is 14.0.